The van der Waals surface area contributed by atoms with Gasteiger partial charge in [0.1, 0.15) is 11.4 Å². The molecule has 156 valence electrons. The van der Waals surface area contributed by atoms with Gasteiger partial charge in [0.05, 0.1) is 18.4 Å². The third-order valence-electron chi connectivity index (χ3n) is 5.14. The Labute approximate surface area is 185 Å². The maximum absolute atomic E-state index is 13.5. The number of hydrogen-bond donors (Lipinski definition) is 1. The fourth-order valence-electron chi connectivity index (χ4n) is 3.68. The standard InChI is InChI=1S/C25H21ClN2O3/c1-15-10-11-21(16(2)12-15)22-23(27-18-7-5-9-20(14-18)31-3)25(30)28(24(22)29)19-8-4-6-17(26)13-19/h4-14,27H,1-3H3. The molecule has 4 rings (SSSR count). The van der Waals surface area contributed by atoms with Gasteiger partial charge in [-0.15, -0.1) is 0 Å². The zero-order chi connectivity index (χ0) is 22.1. The number of amides is 2. The summed E-state index contributed by atoms with van der Waals surface area (Å²) in [5.41, 5.74) is 4.30. The quantitative estimate of drug-likeness (QED) is 0.551. The van der Waals surface area contributed by atoms with Crippen molar-refractivity contribution < 1.29 is 14.3 Å². The van der Waals surface area contributed by atoms with E-state index in [1.165, 1.54) is 0 Å². The highest BCUT2D eigenvalue weighted by molar-refractivity contribution is 6.46. The summed E-state index contributed by atoms with van der Waals surface area (Å²) in [6.45, 7) is 3.92. The van der Waals surface area contributed by atoms with Crippen molar-refractivity contribution in [3.8, 4) is 5.75 Å². The average Bonchev–Trinajstić information content (AvgIpc) is 2.98. The number of rotatable bonds is 5. The molecule has 0 bridgehead atoms. The van der Waals surface area contributed by atoms with Gasteiger partial charge in [0.2, 0.25) is 0 Å². The van der Waals surface area contributed by atoms with Crippen LogP contribution in [0.1, 0.15) is 16.7 Å². The van der Waals surface area contributed by atoms with Crippen LogP contribution in [-0.2, 0) is 9.59 Å². The molecule has 2 amide bonds. The van der Waals surface area contributed by atoms with E-state index in [-0.39, 0.29) is 5.70 Å². The zero-order valence-corrected chi connectivity index (χ0v) is 18.2. The predicted molar refractivity (Wildman–Crippen MR) is 123 cm³/mol. The van der Waals surface area contributed by atoms with Gasteiger partial charge in [-0.3, -0.25) is 9.59 Å². The fourth-order valence-corrected chi connectivity index (χ4v) is 3.87. The normalized spacial score (nSPS) is 13.7. The molecule has 1 aliphatic heterocycles. The Bertz CT molecular complexity index is 1230. The summed E-state index contributed by atoms with van der Waals surface area (Å²) in [6.07, 6.45) is 0. The largest absolute Gasteiger partial charge is 0.497 e. The Morgan fingerprint density at radius 2 is 1.68 bits per heavy atom. The molecule has 3 aromatic carbocycles. The molecule has 1 N–H and O–H groups in total. The number of methoxy groups -OCH3 is 1. The van der Waals surface area contributed by atoms with Gasteiger partial charge in [0.15, 0.2) is 0 Å². The number of imide groups is 1. The van der Waals surface area contributed by atoms with Gasteiger partial charge in [-0.1, -0.05) is 47.5 Å². The number of aryl methyl sites for hydroxylation is 2. The number of nitrogens with one attached hydrogen (secondary N) is 1. The summed E-state index contributed by atoms with van der Waals surface area (Å²) in [5, 5.41) is 3.60. The van der Waals surface area contributed by atoms with Gasteiger partial charge in [-0.25, -0.2) is 4.90 Å². The van der Waals surface area contributed by atoms with Crippen LogP contribution in [0.5, 0.6) is 5.75 Å². The minimum atomic E-state index is -0.440. The number of benzene rings is 3. The van der Waals surface area contributed by atoms with E-state index in [0.717, 1.165) is 16.0 Å². The van der Waals surface area contributed by atoms with Crippen molar-refractivity contribution in [2.45, 2.75) is 13.8 Å². The van der Waals surface area contributed by atoms with Crippen molar-refractivity contribution in [2.24, 2.45) is 0 Å². The number of hydrogen-bond acceptors (Lipinski definition) is 4. The van der Waals surface area contributed by atoms with Gasteiger partial charge in [0.25, 0.3) is 11.8 Å². The maximum Gasteiger partial charge on any atom is 0.282 e. The van der Waals surface area contributed by atoms with E-state index in [1.807, 2.05) is 50.2 Å². The summed E-state index contributed by atoms with van der Waals surface area (Å²) in [5.74, 6) is -0.197. The first-order valence-corrected chi connectivity index (χ1v) is 10.1. The number of carbonyl (C=O) groups excluding carboxylic acids is 2. The number of carbonyl (C=O) groups is 2. The highest BCUT2D eigenvalue weighted by Gasteiger charge is 2.40. The molecule has 0 spiro atoms. The molecule has 0 aliphatic carbocycles. The lowest BCUT2D eigenvalue weighted by Crippen LogP contribution is -2.32. The summed E-state index contributed by atoms with van der Waals surface area (Å²) in [7, 11) is 1.57. The number of anilines is 2. The molecule has 3 aromatic rings. The first-order chi connectivity index (χ1) is 14.9. The van der Waals surface area contributed by atoms with Gasteiger partial charge in [0, 0.05) is 16.8 Å². The smallest absolute Gasteiger partial charge is 0.282 e. The number of halogens is 1. The van der Waals surface area contributed by atoms with Crippen molar-refractivity contribution in [3.05, 3.63) is 94.1 Å². The van der Waals surface area contributed by atoms with Gasteiger partial charge < -0.3 is 10.1 Å². The van der Waals surface area contributed by atoms with Crippen LogP contribution < -0.4 is 15.0 Å². The van der Waals surface area contributed by atoms with Crippen molar-refractivity contribution >= 4 is 40.4 Å². The molecule has 0 saturated heterocycles. The van der Waals surface area contributed by atoms with E-state index in [1.54, 1.807) is 37.4 Å². The molecule has 31 heavy (non-hydrogen) atoms. The third-order valence-corrected chi connectivity index (χ3v) is 5.38. The van der Waals surface area contributed by atoms with Gasteiger partial charge in [-0.2, -0.15) is 0 Å². The predicted octanol–water partition coefficient (Wildman–Crippen LogP) is 5.36. The Morgan fingerprint density at radius 3 is 2.39 bits per heavy atom. The second kappa shape index (κ2) is 8.28. The molecule has 6 heteroatoms. The second-order valence-electron chi connectivity index (χ2n) is 7.35. The van der Waals surface area contributed by atoms with E-state index in [0.29, 0.717) is 33.3 Å². The topological polar surface area (TPSA) is 58.6 Å². The van der Waals surface area contributed by atoms with Crippen LogP contribution in [-0.4, -0.2) is 18.9 Å². The minimum absolute atomic E-state index is 0.213. The SMILES string of the molecule is COc1cccc(NC2=C(c3ccc(C)cc3C)C(=O)N(c3cccc(Cl)c3)C2=O)c1. The second-order valence-corrected chi connectivity index (χ2v) is 7.79. The lowest BCUT2D eigenvalue weighted by Gasteiger charge is -2.16. The van der Waals surface area contributed by atoms with Crippen LogP contribution in [0.4, 0.5) is 11.4 Å². The van der Waals surface area contributed by atoms with Crippen molar-refractivity contribution in [1.82, 2.24) is 0 Å². The molecular weight excluding hydrogens is 412 g/mol. The maximum atomic E-state index is 13.5. The Kier molecular flexibility index (Phi) is 5.53. The fraction of sp³-hybridized carbons (Fsp3) is 0.120. The van der Waals surface area contributed by atoms with Crippen molar-refractivity contribution in [1.29, 1.82) is 0 Å². The van der Waals surface area contributed by atoms with Crippen molar-refractivity contribution in [3.63, 3.8) is 0 Å². The molecule has 0 aromatic heterocycles. The van der Waals surface area contributed by atoms with Crippen LogP contribution in [0.2, 0.25) is 5.02 Å². The summed E-state index contributed by atoms with van der Waals surface area (Å²) in [4.78, 5) is 28.1. The third kappa shape index (κ3) is 3.92. The Morgan fingerprint density at radius 1 is 0.903 bits per heavy atom. The summed E-state index contributed by atoms with van der Waals surface area (Å²) < 4.78 is 5.28. The van der Waals surface area contributed by atoms with Crippen LogP contribution in [0.15, 0.2) is 72.4 Å². The number of nitrogens with zero attached hydrogens (tertiary/aromatic N) is 1. The minimum Gasteiger partial charge on any atom is -0.497 e. The van der Waals surface area contributed by atoms with E-state index in [2.05, 4.69) is 5.32 Å². The first-order valence-electron chi connectivity index (χ1n) is 9.76. The lowest BCUT2D eigenvalue weighted by molar-refractivity contribution is -0.120. The monoisotopic (exact) mass is 432 g/mol. The highest BCUT2D eigenvalue weighted by Crippen LogP contribution is 2.36. The molecule has 0 unspecified atom stereocenters. The average molecular weight is 433 g/mol. The molecule has 0 radical (unpaired) electrons. The lowest BCUT2D eigenvalue weighted by atomic mass is 9.97. The van der Waals surface area contributed by atoms with E-state index in [4.69, 9.17) is 16.3 Å². The molecule has 0 atom stereocenters. The van der Waals surface area contributed by atoms with E-state index < -0.39 is 11.8 Å². The zero-order valence-electron chi connectivity index (χ0n) is 17.4. The van der Waals surface area contributed by atoms with Gasteiger partial charge >= 0.3 is 0 Å². The Balaban J connectivity index is 1.86. The van der Waals surface area contributed by atoms with Crippen LogP contribution >= 0.6 is 11.6 Å². The van der Waals surface area contributed by atoms with Crippen LogP contribution in [0, 0.1) is 13.8 Å². The van der Waals surface area contributed by atoms with Crippen LogP contribution in [0.25, 0.3) is 5.57 Å². The molecule has 1 heterocycles. The molecular formula is C25H21ClN2O3. The Hall–Kier alpha value is -3.57. The van der Waals surface area contributed by atoms with E-state index in [9.17, 15) is 9.59 Å². The van der Waals surface area contributed by atoms with Crippen LogP contribution in [0.3, 0.4) is 0 Å². The molecule has 5 nitrogen and oxygen atoms in total. The number of ether oxygens (including phenoxy) is 1. The first kappa shape index (κ1) is 20.7. The summed E-state index contributed by atoms with van der Waals surface area (Å²) >= 11 is 6.12. The summed E-state index contributed by atoms with van der Waals surface area (Å²) in [6, 6.07) is 19.7. The molecule has 0 fully saturated rings. The molecule has 1 aliphatic rings. The highest BCUT2D eigenvalue weighted by atomic mass is 35.5. The van der Waals surface area contributed by atoms with E-state index >= 15 is 0 Å². The van der Waals surface area contributed by atoms with Gasteiger partial charge in [-0.05, 0) is 55.3 Å². The molecule has 0 saturated carbocycles. The van der Waals surface area contributed by atoms with Crippen molar-refractivity contribution in [2.75, 3.05) is 17.3 Å².